The van der Waals surface area contributed by atoms with E-state index in [0.29, 0.717) is 34.4 Å². The van der Waals surface area contributed by atoms with E-state index in [2.05, 4.69) is 27.7 Å². The monoisotopic (exact) mass is 206 g/mol. The first kappa shape index (κ1) is 9.86. The fourth-order valence-electron chi connectivity index (χ4n) is 4.68. The van der Waals surface area contributed by atoms with Gasteiger partial charge in [0, 0.05) is 11.8 Å². The highest BCUT2D eigenvalue weighted by Gasteiger charge is 2.67. The lowest BCUT2D eigenvalue weighted by Crippen LogP contribution is -2.36. The molecule has 3 saturated carbocycles. The van der Waals surface area contributed by atoms with E-state index >= 15 is 0 Å². The van der Waals surface area contributed by atoms with E-state index in [-0.39, 0.29) is 0 Å². The van der Waals surface area contributed by atoms with Crippen LogP contribution in [0.1, 0.15) is 47.0 Å². The molecule has 0 aromatic carbocycles. The van der Waals surface area contributed by atoms with Crippen LogP contribution in [0.15, 0.2) is 0 Å². The Morgan fingerprint density at radius 2 is 1.73 bits per heavy atom. The lowest BCUT2D eigenvalue weighted by Gasteiger charge is -2.34. The van der Waals surface area contributed by atoms with Gasteiger partial charge >= 0.3 is 0 Å². The SMILES string of the molecule is C[C@H]1C(=O)[C@@H]2CC(C)(C)C[C@@H]2[C@@]2(C)C[C@@H]12. The zero-order valence-electron chi connectivity index (χ0n) is 10.3. The summed E-state index contributed by atoms with van der Waals surface area (Å²) in [6, 6.07) is 0. The van der Waals surface area contributed by atoms with Gasteiger partial charge in [-0.1, -0.05) is 27.7 Å². The summed E-state index contributed by atoms with van der Waals surface area (Å²) < 4.78 is 0. The summed E-state index contributed by atoms with van der Waals surface area (Å²) in [5.74, 6) is 2.77. The fourth-order valence-corrected chi connectivity index (χ4v) is 4.68. The summed E-state index contributed by atoms with van der Waals surface area (Å²) in [5.41, 5.74) is 0.941. The van der Waals surface area contributed by atoms with Gasteiger partial charge in [0.15, 0.2) is 0 Å². The third kappa shape index (κ3) is 1.13. The maximum Gasteiger partial charge on any atom is 0.139 e. The quantitative estimate of drug-likeness (QED) is 0.594. The number of Topliss-reactive ketones (excluding diaryl/α,β-unsaturated/α-hetero) is 1. The first-order chi connectivity index (χ1) is 6.85. The Labute approximate surface area is 92.6 Å². The van der Waals surface area contributed by atoms with Crippen LogP contribution >= 0.6 is 0 Å². The molecule has 0 aliphatic heterocycles. The van der Waals surface area contributed by atoms with Gasteiger partial charge in [0.25, 0.3) is 0 Å². The summed E-state index contributed by atoms with van der Waals surface area (Å²) in [4.78, 5) is 12.3. The largest absolute Gasteiger partial charge is 0.299 e. The molecule has 0 aromatic heterocycles. The van der Waals surface area contributed by atoms with Crippen molar-refractivity contribution >= 4 is 5.78 Å². The molecule has 0 N–H and O–H groups in total. The molecule has 0 saturated heterocycles. The number of carbonyl (C=O) groups excluding carboxylic acids is 1. The van der Waals surface area contributed by atoms with Crippen LogP contribution < -0.4 is 0 Å². The van der Waals surface area contributed by atoms with Gasteiger partial charge in [0.2, 0.25) is 0 Å². The molecule has 15 heavy (non-hydrogen) atoms. The number of hydrogen-bond donors (Lipinski definition) is 0. The van der Waals surface area contributed by atoms with Crippen LogP contribution in [0.5, 0.6) is 0 Å². The van der Waals surface area contributed by atoms with E-state index in [1.807, 2.05) is 0 Å². The van der Waals surface area contributed by atoms with Crippen LogP contribution in [0.3, 0.4) is 0 Å². The summed E-state index contributed by atoms with van der Waals surface area (Å²) in [6.45, 7) is 9.27. The van der Waals surface area contributed by atoms with E-state index in [4.69, 9.17) is 0 Å². The molecule has 0 spiro atoms. The predicted molar refractivity (Wildman–Crippen MR) is 60.4 cm³/mol. The van der Waals surface area contributed by atoms with Crippen molar-refractivity contribution < 1.29 is 4.79 Å². The van der Waals surface area contributed by atoms with Crippen LogP contribution in [0.25, 0.3) is 0 Å². The van der Waals surface area contributed by atoms with Gasteiger partial charge in [-0.2, -0.15) is 0 Å². The third-order valence-electron chi connectivity index (χ3n) is 5.64. The number of hydrogen-bond acceptors (Lipinski definition) is 1. The zero-order chi connectivity index (χ0) is 11.0. The Morgan fingerprint density at radius 3 is 2.40 bits per heavy atom. The first-order valence-corrected chi connectivity index (χ1v) is 6.39. The number of carbonyl (C=O) groups is 1. The van der Waals surface area contributed by atoms with Gasteiger partial charge < -0.3 is 0 Å². The van der Waals surface area contributed by atoms with Gasteiger partial charge in [-0.15, -0.1) is 0 Å². The number of fused-ring (bicyclic) bond motifs is 3. The smallest absolute Gasteiger partial charge is 0.139 e. The highest BCUT2D eigenvalue weighted by molar-refractivity contribution is 5.86. The maximum absolute atomic E-state index is 12.3. The molecule has 3 aliphatic carbocycles. The lowest BCUT2D eigenvalue weighted by molar-refractivity contribution is -0.132. The molecule has 0 radical (unpaired) electrons. The van der Waals surface area contributed by atoms with Crippen molar-refractivity contribution in [2.45, 2.75) is 47.0 Å². The van der Waals surface area contributed by atoms with Crippen LogP contribution in [-0.2, 0) is 4.79 Å². The third-order valence-corrected chi connectivity index (χ3v) is 5.64. The first-order valence-electron chi connectivity index (χ1n) is 6.39. The molecular weight excluding hydrogens is 184 g/mol. The van der Waals surface area contributed by atoms with Crippen molar-refractivity contribution in [1.82, 2.24) is 0 Å². The molecular formula is C14H22O. The van der Waals surface area contributed by atoms with Gasteiger partial charge in [0.1, 0.15) is 5.78 Å². The Kier molecular flexibility index (Phi) is 1.64. The Balaban J connectivity index is 1.97. The van der Waals surface area contributed by atoms with Gasteiger partial charge in [-0.3, -0.25) is 4.79 Å². The Bertz CT molecular complexity index is 330. The van der Waals surface area contributed by atoms with Crippen molar-refractivity contribution in [3.8, 4) is 0 Å². The van der Waals surface area contributed by atoms with Gasteiger partial charge in [0.05, 0.1) is 0 Å². The van der Waals surface area contributed by atoms with E-state index in [1.54, 1.807) is 0 Å². The molecule has 1 nitrogen and oxygen atoms in total. The average molecular weight is 206 g/mol. The van der Waals surface area contributed by atoms with E-state index in [9.17, 15) is 4.79 Å². The molecule has 1 heteroatoms. The van der Waals surface area contributed by atoms with Crippen molar-refractivity contribution in [1.29, 1.82) is 0 Å². The van der Waals surface area contributed by atoms with E-state index in [1.165, 1.54) is 12.8 Å². The minimum atomic E-state index is 0.352. The minimum absolute atomic E-state index is 0.352. The van der Waals surface area contributed by atoms with Crippen molar-refractivity contribution in [2.24, 2.45) is 34.5 Å². The Hall–Kier alpha value is -0.330. The second-order valence-corrected chi connectivity index (χ2v) is 7.29. The molecule has 3 aliphatic rings. The topological polar surface area (TPSA) is 17.1 Å². The van der Waals surface area contributed by atoms with Crippen molar-refractivity contribution in [3.63, 3.8) is 0 Å². The molecule has 0 unspecified atom stereocenters. The molecule has 84 valence electrons. The molecule has 0 amide bonds. The molecule has 5 atom stereocenters. The summed E-state index contributed by atoms with van der Waals surface area (Å²) in [6.07, 6.45) is 3.74. The molecule has 3 fully saturated rings. The second kappa shape index (κ2) is 2.49. The van der Waals surface area contributed by atoms with E-state index in [0.717, 1.165) is 12.3 Å². The van der Waals surface area contributed by atoms with Crippen molar-refractivity contribution in [2.75, 3.05) is 0 Å². The normalized spacial score (nSPS) is 56.1. The fraction of sp³-hybridized carbons (Fsp3) is 0.929. The molecule has 3 rings (SSSR count). The second-order valence-electron chi connectivity index (χ2n) is 7.29. The Morgan fingerprint density at radius 1 is 1.07 bits per heavy atom. The standard InChI is InChI=1S/C14H22O/c1-8-10-7-14(10,4)11-6-13(2,3)5-9(11)12(8)15/h8-11H,5-7H2,1-4H3/t8-,9-,10+,11+,14+/m1/s1. The van der Waals surface area contributed by atoms with Gasteiger partial charge in [-0.25, -0.2) is 0 Å². The van der Waals surface area contributed by atoms with Crippen molar-refractivity contribution in [3.05, 3.63) is 0 Å². The van der Waals surface area contributed by atoms with Crippen LogP contribution in [0, 0.1) is 34.5 Å². The molecule has 0 aromatic rings. The van der Waals surface area contributed by atoms with Crippen LogP contribution in [-0.4, -0.2) is 5.78 Å². The highest BCUT2D eigenvalue weighted by Crippen LogP contribution is 2.71. The average Bonchev–Trinajstić information content (AvgIpc) is 2.71. The summed E-state index contributed by atoms with van der Waals surface area (Å²) >= 11 is 0. The maximum atomic E-state index is 12.3. The van der Waals surface area contributed by atoms with Crippen LogP contribution in [0.2, 0.25) is 0 Å². The summed E-state index contributed by atoms with van der Waals surface area (Å²) in [5, 5.41) is 0. The lowest BCUT2D eigenvalue weighted by atomic mass is 9.69. The number of ketones is 1. The minimum Gasteiger partial charge on any atom is -0.299 e. The molecule has 0 heterocycles. The van der Waals surface area contributed by atoms with E-state index < -0.39 is 0 Å². The highest BCUT2D eigenvalue weighted by atomic mass is 16.1. The summed E-state index contributed by atoms with van der Waals surface area (Å²) in [7, 11) is 0. The number of rotatable bonds is 0. The van der Waals surface area contributed by atoms with Crippen LogP contribution in [0.4, 0.5) is 0 Å². The predicted octanol–water partition coefficient (Wildman–Crippen LogP) is 3.28. The zero-order valence-corrected chi connectivity index (χ0v) is 10.3. The van der Waals surface area contributed by atoms with Gasteiger partial charge in [-0.05, 0) is 41.9 Å². The molecule has 0 bridgehead atoms.